The van der Waals surface area contributed by atoms with Crippen molar-refractivity contribution in [1.29, 1.82) is 0 Å². The zero-order valence-electron chi connectivity index (χ0n) is 12.3. The Morgan fingerprint density at radius 1 is 0.875 bits per heavy atom. The van der Waals surface area contributed by atoms with Gasteiger partial charge in [0.1, 0.15) is 5.56 Å². The number of likely N-dealkylation sites (tertiary alicyclic amines) is 1. The van der Waals surface area contributed by atoms with Crippen LogP contribution in [0.15, 0.2) is 30.3 Å². The Bertz CT molecular complexity index is 764. The molecule has 0 unspecified atom stereocenters. The summed E-state index contributed by atoms with van der Waals surface area (Å²) in [7, 11) is 0. The van der Waals surface area contributed by atoms with Crippen LogP contribution in [0.1, 0.15) is 28.3 Å². The second-order valence-corrected chi connectivity index (χ2v) is 5.59. The average molecular weight is 341 g/mol. The van der Waals surface area contributed by atoms with Gasteiger partial charge < -0.3 is 4.90 Å². The number of amides is 1. The number of rotatable bonds is 2. The second-order valence-electron chi connectivity index (χ2n) is 5.59. The van der Waals surface area contributed by atoms with E-state index in [1.165, 1.54) is 0 Å². The molecule has 1 aliphatic rings. The van der Waals surface area contributed by atoms with Crippen LogP contribution in [0.3, 0.4) is 0 Å². The maximum absolute atomic E-state index is 13.8. The van der Waals surface area contributed by atoms with Crippen molar-refractivity contribution in [1.82, 2.24) is 4.90 Å². The number of carbonyl (C=O) groups is 1. The summed E-state index contributed by atoms with van der Waals surface area (Å²) in [6.07, 6.45) is 0.547. The molecule has 0 N–H and O–H groups in total. The first-order chi connectivity index (χ1) is 11.4. The van der Waals surface area contributed by atoms with E-state index in [0.717, 1.165) is 10.5 Å². The van der Waals surface area contributed by atoms with Crippen LogP contribution in [-0.4, -0.2) is 23.9 Å². The van der Waals surface area contributed by atoms with E-state index in [2.05, 4.69) is 0 Å². The molecule has 0 radical (unpaired) electrons. The normalized spacial score (nSPS) is 17.4. The molecule has 2 aromatic carbocycles. The molecule has 2 aromatic rings. The molecular formula is C17H12F5NO. The summed E-state index contributed by atoms with van der Waals surface area (Å²) < 4.78 is 67.1. The number of nitrogens with zero attached hydrogens (tertiary/aromatic N) is 1. The van der Waals surface area contributed by atoms with E-state index in [1.807, 2.05) is 30.3 Å². The van der Waals surface area contributed by atoms with Crippen LogP contribution < -0.4 is 0 Å². The summed E-state index contributed by atoms with van der Waals surface area (Å²) in [6.45, 7) is 0.334. The molecule has 2 nitrogen and oxygen atoms in total. The molecule has 1 amide bonds. The van der Waals surface area contributed by atoms with Crippen molar-refractivity contribution in [2.24, 2.45) is 0 Å². The topological polar surface area (TPSA) is 20.3 Å². The fraction of sp³-hybridized carbons (Fsp3) is 0.235. The van der Waals surface area contributed by atoms with Crippen molar-refractivity contribution in [2.75, 3.05) is 13.1 Å². The SMILES string of the molecule is O=C(c1c(F)c(F)c(F)c(F)c1F)N1CC[C@H](c2ccccc2)C1. The zero-order valence-corrected chi connectivity index (χ0v) is 12.3. The molecule has 1 fully saturated rings. The van der Waals surface area contributed by atoms with Gasteiger partial charge in [0.05, 0.1) is 0 Å². The molecule has 24 heavy (non-hydrogen) atoms. The third kappa shape index (κ3) is 2.64. The largest absolute Gasteiger partial charge is 0.338 e. The Morgan fingerprint density at radius 3 is 2.00 bits per heavy atom. The monoisotopic (exact) mass is 341 g/mol. The van der Waals surface area contributed by atoms with Crippen molar-refractivity contribution in [2.45, 2.75) is 12.3 Å². The van der Waals surface area contributed by atoms with Gasteiger partial charge in [0.25, 0.3) is 5.91 Å². The molecule has 0 saturated carbocycles. The van der Waals surface area contributed by atoms with Gasteiger partial charge in [0.2, 0.25) is 5.82 Å². The zero-order chi connectivity index (χ0) is 17.4. The van der Waals surface area contributed by atoms with Crippen LogP contribution in [0.2, 0.25) is 0 Å². The Balaban J connectivity index is 1.89. The van der Waals surface area contributed by atoms with Crippen LogP contribution in [0.5, 0.6) is 0 Å². The van der Waals surface area contributed by atoms with Gasteiger partial charge in [-0.25, -0.2) is 22.0 Å². The molecule has 0 spiro atoms. The molecule has 1 atom stereocenters. The van der Waals surface area contributed by atoms with E-state index in [-0.39, 0.29) is 19.0 Å². The lowest BCUT2D eigenvalue weighted by molar-refractivity contribution is 0.0777. The number of halogens is 5. The van der Waals surface area contributed by atoms with Gasteiger partial charge in [0.15, 0.2) is 23.3 Å². The first-order valence-electron chi connectivity index (χ1n) is 7.27. The fourth-order valence-corrected chi connectivity index (χ4v) is 2.89. The molecular weight excluding hydrogens is 329 g/mol. The minimum atomic E-state index is -2.27. The van der Waals surface area contributed by atoms with E-state index in [4.69, 9.17) is 0 Å². The molecule has 1 heterocycles. The second kappa shape index (κ2) is 6.22. The molecule has 0 aromatic heterocycles. The lowest BCUT2D eigenvalue weighted by Crippen LogP contribution is -2.31. The van der Waals surface area contributed by atoms with Crippen LogP contribution in [0, 0.1) is 29.1 Å². The lowest BCUT2D eigenvalue weighted by Gasteiger charge is -2.18. The average Bonchev–Trinajstić information content (AvgIpc) is 3.09. The van der Waals surface area contributed by atoms with E-state index >= 15 is 0 Å². The van der Waals surface area contributed by atoms with E-state index in [0.29, 0.717) is 6.42 Å². The van der Waals surface area contributed by atoms with Crippen molar-refractivity contribution in [3.05, 3.63) is 70.5 Å². The standard InChI is InChI=1S/C17H12F5NO/c18-12-11(13(19)15(21)16(22)14(12)20)17(24)23-7-6-10(8-23)9-4-2-1-3-5-9/h1-5,10H,6-8H2/t10-/m0/s1. The Morgan fingerprint density at radius 2 is 1.42 bits per heavy atom. The van der Waals surface area contributed by atoms with Crippen LogP contribution >= 0.6 is 0 Å². The Labute approximate surface area is 134 Å². The maximum atomic E-state index is 13.8. The smallest absolute Gasteiger partial charge is 0.260 e. The van der Waals surface area contributed by atoms with Gasteiger partial charge in [-0.05, 0) is 12.0 Å². The van der Waals surface area contributed by atoms with Crippen molar-refractivity contribution < 1.29 is 26.7 Å². The first kappa shape index (κ1) is 16.4. The summed E-state index contributed by atoms with van der Waals surface area (Å²) in [5.74, 6) is -11.9. The number of hydrogen-bond acceptors (Lipinski definition) is 1. The molecule has 3 rings (SSSR count). The molecule has 1 saturated heterocycles. The minimum absolute atomic E-state index is 0.0450. The Hall–Kier alpha value is -2.44. The van der Waals surface area contributed by atoms with Crippen molar-refractivity contribution in [3.63, 3.8) is 0 Å². The van der Waals surface area contributed by atoms with Gasteiger partial charge in [-0.15, -0.1) is 0 Å². The third-order valence-corrected chi connectivity index (χ3v) is 4.17. The summed E-state index contributed by atoms with van der Waals surface area (Å²) in [5, 5.41) is 0. The highest BCUT2D eigenvalue weighted by Crippen LogP contribution is 2.30. The van der Waals surface area contributed by atoms with Crippen LogP contribution in [0.4, 0.5) is 22.0 Å². The van der Waals surface area contributed by atoms with Gasteiger partial charge >= 0.3 is 0 Å². The van der Waals surface area contributed by atoms with Gasteiger partial charge in [0, 0.05) is 19.0 Å². The Kier molecular flexibility index (Phi) is 4.26. The molecule has 0 bridgehead atoms. The summed E-state index contributed by atoms with van der Waals surface area (Å²) >= 11 is 0. The van der Waals surface area contributed by atoms with Gasteiger partial charge in [-0.2, -0.15) is 0 Å². The number of benzene rings is 2. The van der Waals surface area contributed by atoms with Crippen molar-refractivity contribution >= 4 is 5.91 Å². The van der Waals surface area contributed by atoms with Crippen molar-refractivity contribution in [3.8, 4) is 0 Å². The maximum Gasteiger partial charge on any atom is 0.260 e. The summed E-state index contributed by atoms with van der Waals surface area (Å²) in [5.41, 5.74) is -0.453. The fourth-order valence-electron chi connectivity index (χ4n) is 2.89. The van der Waals surface area contributed by atoms with Gasteiger partial charge in [-0.3, -0.25) is 4.79 Å². The van der Waals surface area contributed by atoms with Crippen LogP contribution in [-0.2, 0) is 0 Å². The molecule has 7 heteroatoms. The van der Waals surface area contributed by atoms with E-state index < -0.39 is 40.6 Å². The predicted octanol–water partition coefficient (Wildman–Crippen LogP) is 4.01. The highest BCUT2D eigenvalue weighted by atomic mass is 19.2. The minimum Gasteiger partial charge on any atom is -0.338 e. The summed E-state index contributed by atoms with van der Waals surface area (Å²) in [4.78, 5) is 13.4. The number of hydrogen-bond donors (Lipinski definition) is 0. The quantitative estimate of drug-likeness (QED) is 0.459. The highest BCUT2D eigenvalue weighted by molar-refractivity contribution is 5.95. The summed E-state index contributed by atoms with van der Waals surface area (Å²) in [6, 6.07) is 9.19. The molecule has 0 aliphatic carbocycles. The molecule has 126 valence electrons. The highest BCUT2D eigenvalue weighted by Gasteiger charge is 2.35. The predicted molar refractivity (Wildman–Crippen MR) is 75.9 cm³/mol. The molecule has 1 aliphatic heterocycles. The van der Waals surface area contributed by atoms with Crippen LogP contribution in [0.25, 0.3) is 0 Å². The number of carbonyl (C=O) groups excluding carboxylic acids is 1. The lowest BCUT2D eigenvalue weighted by atomic mass is 9.99. The van der Waals surface area contributed by atoms with E-state index in [1.54, 1.807) is 0 Å². The third-order valence-electron chi connectivity index (χ3n) is 4.17. The van der Waals surface area contributed by atoms with Gasteiger partial charge in [-0.1, -0.05) is 30.3 Å². The van der Waals surface area contributed by atoms with E-state index in [9.17, 15) is 26.7 Å². The first-order valence-corrected chi connectivity index (χ1v) is 7.27.